The van der Waals surface area contributed by atoms with Crippen molar-refractivity contribution in [2.24, 2.45) is 5.41 Å². The summed E-state index contributed by atoms with van der Waals surface area (Å²) in [6.07, 6.45) is 0. The minimum Gasteiger partial charge on any atom is -0.396 e. The van der Waals surface area contributed by atoms with E-state index in [9.17, 15) is 4.39 Å². The summed E-state index contributed by atoms with van der Waals surface area (Å²) in [6, 6.07) is 0. The van der Waals surface area contributed by atoms with Gasteiger partial charge in [-0.15, -0.1) is 0 Å². The maximum atomic E-state index is 11.7. The zero-order chi connectivity index (χ0) is 6.62. The third-order valence-corrected chi connectivity index (χ3v) is 1.09. The molecule has 0 unspecified atom stereocenters. The number of hydrogen-bond donors (Lipinski definition) is 2. The topological polar surface area (TPSA) is 40.5 Å². The van der Waals surface area contributed by atoms with Gasteiger partial charge >= 0.3 is 0 Å². The van der Waals surface area contributed by atoms with Crippen LogP contribution in [-0.4, -0.2) is 30.1 Å². The van der Waals surface area contributed by atoms with Crippen molar-refractivity contribution in [1.82, 2.24) is 0 Å². The fraction of sp³-hybridized carbons (Fsp3) is 1.00. The van der Waals surface area contributed by atoms with Crippen LogP contribution in [0.2, 0.25) is 0 Å². The molecule has 0 atom stereocenters. The molecular formula is C5H11FO2. The van der Waals surface area contributed by atoms with E-state index in [1.807, 2.05) is 0 Å². The van der Waals surface area contributed by atoms with Crippen LogP contribution in [-0.2, 0) is 0 Å². The van der Waals surface area contributed by atoms with Gasteiger partial charge in [0.05, 0.1) is 19.9 Å². The lowest BCUT2D eigenvalue weighted by Crippen LogP contribution is -2.27. The van der Waals surface area contributed by atoms with Gasteiger partial charge in [0.2, 0.25) is 0 Å². The third kappa shape index (κ3) is 1.76. The Labute approximate surface area is 48.0 Å². The maximum Gasteiger partial charge on any atom is 0.0992 e. The van der Waals surface area contributed by atoms with Gasteiger partial charge in [-0.05, 0) is 0 Å². The molecular weight excluding hydrogens is 111 g/mol. The van der Waals surface area contributed by atoms with E-state index in [2.05, 4.69) is 0 Å². The lowest BCUT2D eigenvalue weighted by Gasteiger charge is -2.18. The maximum absolute atomic E-state index is 11.7. The van der Waals surface area contributed by atoms with Crippen LogP contribution in [0.1, 0.15) is 6.92 Å². The first kappa shape index (κ1) is 7.85. The lowest BCUT2D eigenvalue weighted by molar-refractivity contribution is 0.0485. The largest absolute Gasteiger partial charge is 0.396 e. The molecule has 0 amide bonds. The van der Waals surface area contributed by atoms with E-state index in [0.29, 0.717) is 0 Å². The molecule has 0 saturated heterocycles. The van der Waals surface area contributed by atoms with E-state index in [4.69, 9.17) is 10.2 Å². The van der Waals surface area contributed by atoms with Crippen LogP contribution in [0.15, 0.2) is 0 Å². The normalized spacial score (nSPS) is 12.0. The minimum atomic E-state index is -0.931. The van der Waals surface area contributed by atoms with Gasteiger partial charge in [-0.2, -0.15) is 0 Å². The number of alkyl halides is 1. The zero-order valence-corrected chi connectivity index (χ0v) is 4.89. The summed E-state index contributed by atoms with van der Waals surface area (Å²) in [5, 5.41) is 16.8. The van der Waals surface area contributed by atoms with Gasteiger partial charge in [0.1, 0.15) is 0 Å². The Morgan fingerprint density at radius 2 is 1.75 bits per heavy atom. The number of rotatable bonds is 3. The summed E-state index contributed by atoms with van der Waals surface area (Å²) in [7, 11) is 0. The Balaban J connectivity index is 3.58. The van der Waals surface area contributed by atoms with Crippen molar-refractivity contribution >= 4 is 0 Å². The van der Waals surface area contributed by atoms with E-state index in [0.717, 1.165) is 0 Å². The highest BCUT2D eigenvalue weighted by Gasteiger charge is 2.21. The van der Waals surface area contributed by atoms with Crippen LogP contribution in [0.4, 0.5) is 4.39 Å². The van der Waals surface area contributed by atoms with Crippen molar-refractivity contribution in [3.8, 4) is 0 Å². The molecule has 0 rings (SSSR count). The molecule has 0 aromatic heterocycles. The van der Waals surface area contributed by atoms with E-state index < -0.39 is 12.1 Å². The van der Waals surface area contributed by atoms with E-state index >= 15 is 0 Å². The predicted octanol–water partition coefficient (Wildman–Crippen LogP) is -0.0532. The van der Waals surface area contributed by atoms with Crippen molar-refractivity contribution in [3.63, 3.8) is 0 Å². The van der Waals surface area contributed by atoms with Gasteiger partial charge in [0, 0.05) is 5.41 Å². The van der Waals surface area contributed by atoms with Gasteiger partial charge in [-0.3, -0.25) is 4.39 Å². The first-order valence-electron chi connectivity index (χ1n) is 2.46. The summed E-state index contributed by atoms with van der Waals surface area (Å²) >= 11 is 0. The smallest absolute Gasteiger partial charge is 0.0992 e. The average Bonchev–Trinajstić information content (AvgIpc) is 1.87. The van der Waals surface area contributed by atoms with Crippen molar-refractivity contribution in [1.29, 1.82) is 0 Å². The highest BCUT2D eigenvalue weighted by molar-refractivity contribution is 4.69. The summed E-state index contributed by atoms with van der Waals surface area (Å²) in [4.78, 5) is 0. The fourth-order valence-electron chi connectivity index (χ4n) is 0.135. The molecule has 2 N–H and O–H groups in total. The summed E-state index contributed by atoms with van der Waals surface area (Å²) in [6.45, 7) is 0.188. The molecule has 2 nitrogen and oxygen atoms in total. The molecule has 0 bridgehead atoms. The number of aliphatic hydroxyl groups excluding tert-OH is 2. The molecule has 0 aliphatic carbocycles. The molecule has 8 heavy (non-hydrogen) atoms. The minimum absolute atomic E-state index is 0.306. The van der Waals surface area contributed by atoms with Gasteiger partial charge in [-0.1, -0.05) is 6.92 Å². The molecule has 0 spiro atoms. The molecule has 0 radical (unpaired) electrons. The number of aliphatic hydroxyl groups is 2. The van der Waals surface area contributed by atoms with Crippen molar-refractivity contribution in [3.05, 3.63) is 0 Å². The fourth-order valence-corrected chi connectivity index (χ4v) is 0.135. The van der Waals surface area contributed by atoms with E-state index in [1.54, 1.807) is 0 Å². The quantitative estimate of drug-likeness (QED) is 0.551. The lowest BCUT2D eigenvalue weighted by atomic mass is 9.96. The third-order valence-electron chi connectivity index (χ3n) is 1.09. The van der Waals surface area contributed by atoms with Crippen molar-refractivity contribution < 1.29 is 14.6 Å². The zero-order valence-electron chi connectivity index (χ0n) is 4.89. The molecule has 0 heterocycles. The van der Waals surface area contributed by atoms with Crippen molar-refractivity contribution in [2.45, 2.75) is 6.92 Å². The van der Waals surface area contributed by atoms with Crippen LogP contribution in [0.25, 0.3) is 0 Å². The molecule has 0 fully saturated rings. The number of halogens is 1. The van der Waals surface area contributed by atoms with Crippen LogP contribution in [0.5, 0.6) is 0 Å². The first-order valence-corrected chi connectivity index (χ1v) is 2.46. The molecule has 0 aliphatic heterocycles. The molecule has 3 heteroatoms. The standard InChI is InChI=1S/C5H11FO2/c1-5(2-6,3-7)4-8/h7-8H,2-4H2,1H3. The molecule has 50 valence electrons. The Hall–Kier alpha value is -0.150. The summed E-state index contributed by atoms with van der Waals surface area (Å²) in [5.74, 6) is 0. The van der Waals surface area contributed by atoms with Crippen LogP contribution < -0.4 is 0 Å². The average molecular weight is 122 g/mol. The highest BCUT2D eigenvalue weighted by atomic mass is 19.1. The van der Waals surface area contributed by atoms with Crippen LogP contribution in [0, 0.1) is 5.41 Å². The Kier molecular flexibility index (Phi) is 2.94. The summed E-state index contributed by atoms with van der Waals surface area (Å²) < 4.78 is 11.7. The molecule has 0 saturated carbocycles. The van der Waals surface area contributed by atoms with Crippen LogP contribution in [0.3, 0.4) is 0 Å². The van der Waals surface area contributed by atoms with Gasteiger partial charge in [0.25, 0.3) is 0 Å². The molecule has 0 aromatic carbocycles. The first-order chi connectivity index (χ1) is 3.68. The van der Waals surface area contributed by atoms with E-state index in [1.165, 1.54) is 6.92 Å². The van der Waals surface area contributed by atoms with E-state index in [-0.39, 0.29) is 13.2 Å². The highest BCUT2D eigenvalue weighted by Crippen LogP contribution is 2.13. The second-order valence-electron chi connectivity index (χ2n) is 2.26. The van der Waals surface area contributed by atoms with Gasteiger partial charge in [0.15, 0.2) is 0 Å². The van der Waals surface area contributed by atoms with Gasteiger partial charge < -0.3 is 10.2 Å². The second kappa shape index (κ2) is 2.99. The second-order valence-corrected chi connectivity index (χ2v) is 2.26. The SMILES string of the molecule is CC(CO)(CO)CF. The monoisotopic (exact) mass is 122 g/mol. The molecule has 0 aromatic rings. The Morgan fingerprint density at radius 3 is 1.75 bits per heavy atom. The Bertz CT molecular complexity index is 53.2. The predicted molar refractivity (Wildman–Crippen MR) is 28.3 cm³/mol. The molecule has 0 aliphatic rings. The van der Waals surface area contributed by atoms with Crippen molar-refractivity contribution in [2.75, 3.05) is 19.9 Å². The number of hydrogen-bond acceptors (Lipinski definition) is 2. The summed E-state index contributed by atoms with van der Waals surface area (Å²) in [5.41, 5.74) is -0.931. The van der Waals surface area contributed by atoms with Gasteiger partial charge in [-0.25, -0.2) is 0 Å². The Morgan fingerprint density at radius 1 is 1.38 bits per heavy atom. The van der Waals surface area contributed by atoms with Crippen LogP contribution >= 0.6 is 0 Å².